The van der Waals surface area contributed by atoms with Crippen molar-refractivity contribution in [3.63, 3.8) is 0 Å². The quantitative estimate of drug-likeness (QED) is 0.609. The lowest BCUT2D eigenvalue weighted by molar-refractivity contribution is 0.296. The number of aromatic nitrogens is 2. The lowest BCUT2D eigenvalue weighted by Crippen LogP contribution is -2.22. The van der Waals surface area contributed by atoms with E-state index < -0.39 is 0 Å². The maximum Gasteiger partial charge on any atom is 0.0533 e. The summed E-state index contributed by atoms with van der Waals surface area (Å²) in [6, 6.07) is 1.94. The molecule has 0 radical (unpaired) electrons. The Kier molecular flexibility index (Phi) is 7.33. The standard InChI is InChI=1S/C10H19N3OS/c14-8-2-9-15-10-5-11-4-7-13-6-1-3-12-13/h1,3,6,11,14H,2,4-5,7-10H2. The predicted octanol–water partition coefficient (Wildman–Crippen LogP) is 0.588. The molecule has 0 spiro atoms. The van der Waals surface area contributed by atoms with Gasteiger partial charge in [-0.25, -0.2) is 0 Å². The van der Waals surface area contributed by atoms with Crippen LogP contribution in [0.3, 0.4) is 0 Å². The van der Waals surface area contributed by atoms with Gasteiger partial charge in [0.2, 0.25) is 0 Å². The molecule has 0 bridgehead atoms. The second-order valence-corrected chi connectivity index (χ2v) is 4.43. The van der Waals surface area contributed by atoms with Gasteiger partial charge in [-0.1, -0.05) is 0 Å². The topological polar surface area (TPSA) is 50.1 Å². The Hall–Kier alpha value is -0.520. The minimum Gasteiger partial charge on any atom is -0.396 e. The Morgan fingerprint density at radius 3 is 3.00 bits per heavy atom. The molecule has 0 aliphatic heterocycles. The van der Waals surface area contributed by atoms with Gasteiger partial charge in [0, 0.05) is 37.8 Å². The molecule has 0 atom stereocenters. The molecule has 5 heteroatoms. The summed E-state index contributed by atoms with van der Waals surface area (Å²) >= 11 is 1.88. The van der Waals surface area contributed by atoms with Gasteiger partial charge in [0.25, 0.3) is 0 Å². The number of rotatable bonds is 9. The van der Waals surface area contributed by atoms with Crippen molar-refractivity contribution in [2.24, 2.45) is 0 Å². The third kappa shape index (κ3) is 6.54. The molecule has 0 unspecified atom stereocenters. The minimum absolute atomic E-state index is 0.305. The van der Waals surface area contributed by atoms with Crippen LogP contribution in [0.25, 0.3) is 0 Å². The molecule has 0 fully saturated rings. The Morgan fingerprint density at radius 2 is 2.27 bits per heavy atom. The molecular weight excluding hydrogens is 210 g/mol. The fourth-order valence-electron chi connectivity index (χ4n) is 1.16. The number of aliphatic hydroxyl groups excluding tert-OH is 1. The van der Waals surface area contributed by atoms with Crippen molar-refractivity contribution in [3.8, 4) is 0 Å². The summed E-state index contributed by atoms with van der Waals surface area (Å²) in [6.45, 7) is 3.22. The van der Waals surface area contributed by atoms with Crippen LogP contribution in [0.2, 0.25) is 0 Å². The number of nitrogens with one attached hydrogen (secondary N) is 1. The summed E-state index contributed by atoms with van der Waals surface area (Å²) in [5.74, 6) is 2.16. The first-order chi connectivity index (χ1) is 7.43. The van der Waals surface area contributed by atoms with Gasteiger partial charge >= 0.3 is 0 Å². The number of aliphatic hydroxyl groups is 1. The summed E-state index contributed by atoms with van der Waals surface area (Å²) in [6.07, 6.45) is 4.67. The zero-order chi connectivity index (χ0) is 10.8. The molecule has 1 aromatic rings. The third-order valence-electron chi connectivity index (χ3n) is 1.95. The summed E-state index contributed by atoms with van der Waals surface area (Å²) < 4.78 is 1.92. The van der Waals surface area contributed by atoms with Crippen molar-refractivity contribution >= 4 is 11.8 Å². The zero-order valence-corrected chi connectivity index (χ0v) is 9.75. The first kappa shape index (κ1) is 12.5. The molecule has 15 heavy (non-hydrogen) atoms. The van der Waals surface area contributed by atoms with E-state index in [1.165, 1.54) is 0 Å². The average molecular weight is 229 g/mol. The van der Waals surface area contributed by atoms with E-state index in [4.69, 9.17) is 5.11 Å². The van der Waals surface area contributed by atoms with Gasteiger partial charge in [-0.3, -0.25) is 4.68 Å². The van der Waals surface area contributed by atoms with Crippen molar-refractivity contribution in [3.05, 3.63) is 18.5 Å². The highest BCUT2D eigenvalue weighted by Gasteiger charge is 1.91. The Bertz CT molecular complexity index is 229. The molecule has 4 nitrogen and oxygen atoms in total. The van der Waals surface area contributed by atoms with Crippen LogP contribution >= 0.6 is 11.8 Å². The zero-order valence-electron chi connectivity index (χ0n) is 8.93. The van der Waals surface area contributed by atoms with Crippen molar-refractivity contribution in [1.82, 2.24) is 15.1 Å². The van der Waals surface area contributed by atoms with Crippen LogP contribution in [-0.2, 0) is 6.54 Å². The largest absolute Gasteiger partial charge is 0.396 e. The lowest BCUT2D eigenvalue weighted by Gasteiger charge is -2.04. The first-order valence-electron chi connectivity index (χ1n) is 5.30. The highest BCUT2D eigenvalue weighted by Crippen LogP contribution is 1.99. The molecule has 86 valence electrons. The van der Waals surface area contributed by atoms with Crippen LogP contribution < -0.4 is 5.32 Å². The van der Waals surface area contributed by atoms with Gasteiger partial charge < -0.3 is 10.4 Å². The van der Waals surface area contributed by atoms with Gasteiger partial charge in [0.1, 0.15) is 0 Å². The number of hydrogen-bond acceptors (Lipinski definition) is 4. The molecule has 0 aliphatic carbocycles. The molecule has 0 amide bonds. The highest BCUT2D eigenvalue weighted by molar-refractivity contribution is 7.99. The normalized spacial score (nSPS) is 10.7. The second kappa shape index (κ2) is 8.76. The van der Waals surface area contributed by atoms with Gasteiger partial charge in [-0.2, -0.15) is 16.9 Å². The summed E-state index contributed by atoms with van der Waals surface area (Å²) in [5, 5.41) is 16.0. The molecule has 0 saturated carbocycles. The first-order valence-corrected chi connectivity index (χ1v) is 6.45. The minimum atomic E-state index is 0.305. The smallest absolute Gasteiger partial charge is 0.0533 e. The lowest BCUT2D eigenvalue weighted by atomic mass is 10.5. The fraction of sp³-hybridized carbons (Fsp3) is 0.700. The van der Waals surface area contributed by atoms with E-state index in [-0.39, 0.29) is 0 Å². The SMILES string of the molecule is OCCCSCCNCCn1cccn1. The fourth-order valence-corrected chi connectivity index (χ4v) is 1.99. The van der Waals surface area contributed by atoms with Crippen molar-refractivity contribution in [1.29, 1.82) is 0 Å². The Labute approximate surface area is 95.1 Å². The van der Waals surface area contributed by atoms with Crippen LogP contribution in [0, 0.1) is 0 Å². The van der Waals surface area contributed by atoms with Crippen LogP contribution in [0.5, 0.6) is 0 Å². The number of hydrogen-bond donors (Lipinski definition) is 2. The van der Waals surface area contributed by atoms with E-state index in [2.05, 4.69) is 10.4 Å². The van der Waals surface area contributed by atoms with E-state index in [1.807, 2.05) is 28.7 Å². The molecule has 1 heterocycles. The van der Waals surface area contributed by atoms with Crippen molar-refractivity contribution in [2.75, 3.05) is 31.2 Å². The number of thioether (sulfide) groups is 1. The maximum atomic E-state index is 8.57. The molecule has 0 aliphatic rings. The number of nitrogens with zero attached hydrogens (tertiary/aromatic N) is 2. The van der Waals surface area contributed by atoms with Crippen LogP contribution in [-0.4, -0.2) is 46.1 Å². The summed E-state index contributed by atoms with van der Waals surface area (Å²) in [4.78, 5) is 0. The molecule has 1 aromatic heterocycles. The van der Waals surface area contributed by atoms with Gasteiger partial charge in [0.15, 0.2) is 0 Å². The average Bonchev–Trinajstić information content (AvgIpc) is 2.75. The van der Waals surface area contributed by atoms with E-state index >= 15 is 0 Å². The van der Waals surface area contributed by atoms with Crippen LogP contribution in [0.1, 0.15) is 6.42 Å². The summed E-state index contributed by atoms with van der Waals surface area (Å²) in [7, 11) is 0. The van der Waals surface area contributed by atoms with Crippen molar-refractivity contribution in [2.45, 2.75) is 13.0 Å². The van der Waals surface area contributed by atoms with Crippen LogP contribution in [0.15, 0.2) is 18.5 Å². The molecule has 1 rings (SSSR count). The maximum absolute atomic E-state index is 8.57. The third-order valence-corrected chi connectivity index (χ3v) is 3.02. The Morgan fingerprint density at radius 1 is 1.33 bits per heavy atom. The van der Waals surface area contributed by atoms with Crippen molar-refractivity contribution < 1.29 is 5.11 Å². The molecule has 0 aromatic carbocycles. The Balaban J connectivity index is 1.81. The molecular formula is C10H19N3OS. The van der Waals surface area contributed by atoms with E-state index in [0.29, 0.717) is 6.61 Å². The van der Waals surface area contributed by atoms with Gasteiger partial charge in [0.05, 0.1) is 6.54 Å². The monoisotopic (exact) mass is 229 g/mol. The van der Waals surface area contributed by atoms with E-state index in [9.17, 15) is 0 Å². The van der Waals surface area contributed by atoms with E-state index in [1.54, 1.807) is 6.20 Å². The van der Waals surface area contributed by atoms with Gasteiger partial charge in [-0.15, -0.1) is 0 Å². The van der Waals surface area contributed by atoms with E-state index in [0.717, 1.165) is 37.6 Å². The molecule has 0 saturated heterocycles. The van der Waals surface area contributed by atoms with Gasteiger partial charge in [-0.05, 0) is 18.2 Å². The van der Waals surface area contributed by atoms with Crippen LogP contribution in [0.4, 0.5) is 0 Å². The summed E-state index contributed by atoms with van der Waals surface area (Å²) in [5.41, 5.74) is 0. The highest BCUT2D eigenvalue weighted by atomic mass is 32.2. The second-order valence-electron chi connectivity index (χ2n) is 3.21. The predicted molar refractivity (Wildman–Crippen MR) is 64.1 cm³/mol. The molecule has 2 N–H and O–H groups in total.